The lowest BCUT2D eigenvalue weighted by molar-refractivity contribution is -0.355. The van der Waals surface area contributed by atoms with Crippen LogP contribution in [0.5, 0.6) is 46.0 Å². The van der Waals surface area contributed by atoms with Gasteiger partial charge in [-0.25, -0.2) is 4.79 Å². The molecule has 0 unspecified atom stereocenters. The summed E-state index contributed by atoms with van der Waals surface area (Å²) in [5, 5.41) is 146. The molecule has 7 rings (SSSR count). The molecular formula is C41H44O24. The van der Waals surface area contributed by atoms with E-state index in [0.29, 0.717) is 5.56 Å². The molecule has 14 atom stereocenters. The molecule has 24 nitrogen and oxygen atoms in total. The molecule has 0 spiro atoms. The summed E-state index contributed by atoms with van der Waals surface area (Å²) < 4.78 is 44.8. The Morgan fingerprint density at radius 3 is 2.06 bits per heavy atom. The summed E-state index contributed by atoms with van der Waals surface area (Å²) in [6, 6.07) is 7.16. The minimum Gasteiger partial charge on any atom is -0.508 e. The van der Waals surface area contributed by atoms with Crippen molar-refractivity contribution in [3.05, 3.63) is 64.3 Å². The normalized spacial score (nSPS) is 31.8. The van der Waals surface area contributed by atoms with Gasteiger partial charge in [0.15, 0.2) is 41.2 Å². The Labute approximate surface area is 364 Å². The first-order chi connectivity index (χ1) is 30.7. The highest BCUT2D eigenvalue weighted by Crippen LogP contribution is 2.45. The molecule has 3 aliphatic heterocycles. The summed E-state index contributed by atoms with van der Waals surface area (Å²) in [5.41, 5.74) is -1.73. The summed E-state index contributed by atoms with van der Waals surface area (Å²) in [4.78, 5) is 26.7. The molecule has 24 heteroatoms. The van der Waals surface area contributed by atoms with Crippen LogP contribution in [-0.2, 0) is 28.5 Å². The number of carbonyl (C=O) groups excluding carboxylic acids is 1. The number of aliphatic hydroxyl groups excluding tert-OH is 8. The number of fused-ring (bicyclic) bond motifs is 1. The largest absolute Gasteiger partial charge is 0.508 e. The van der Waals surface area contributed by atoms with Gasteiger partial charge in [0.2, 0.25) is 29.5 Å². The van der Waals surface area contributed by atoms with Crippen molar-refractivity contribution in [1.82, 2.24) is 0 Å². The quantitative estimate of drug-likeness (QED) is 0.0431. The molecule has 65 heavy (non-hydrogen) atoms. The van der Waals surface area contributed by atoms with Crippen LogP contribution in [0.15, 0.2) is 57.8 Å². The Morgan fingerprint density at radius 1 is 0.692 bits per heavy atom. The third kappa shape index (κ3) is 9.55. The zero-order valence-electron chi connectivity index (χ0n) is 33.5. The number of benzene rings is 3. The number of hydrogen-bond donors (Lipinski definition) is 14. The van der Waals surface area contributed by atoms with E-state index in [9.17, 15) is 81.1 Å². The first-order valence-electron chi connectivity index (χ1n) is 19.6. The van der Waals surface area contributed by atoms with E-state index in [-0.39, 0.29) is 5.56 Å². The van der Waals surface area contributed by atoms with Gasteiger partial charge < -0.3 is 109 Å². The zero-order chi connectivity index (χ0) is 47.2. The first kappa shape index (κ1) is 47.0. The average Bonchev–Trinajstić information content (AvgIpc) is 3.25. The fourth-order valence-corrected chi connectivity index (χ4v) is 7.12. The molecule has 14 N–H and O–H groups in total. The van der Waals surface area contributed by atoms with Crippen LogP contribution >= 0.6 is 0 Å². The van der Waals surface area contributed by atoms with Gasteiger partial charge in [0.25, 0.3) is 0 Å². The van der Waals surface area contributed by atoms with Crippen molar-refractivity contribution in [1.29, 1.82) is 0 Å². The molecule has 1 aromatic heterocycles. The number of esters is 1. The summed E-state index contributed by atoms with van der Waals surface area (Å²) in [6.07, 6.45) is -23.4. The Bertz CT molecular complexity index is 2450. The van der Waals surface area contributed by atoms with Gasteiger partial charge in [0, 0.05) is 23.8 Å². The maximum atomic E-state index is 14.2. The molecule has 0 aliphatic carbocycles. The van der Waals surface area contributed by atoms with E-state index >= 15 is 0 Å². The summed E-state index contributed by atoms with van der Waals surface area (Å²) in [5.74, 6) is -7.26. The number of ether oxygens (including phenoxy) is 7. The lowest BCUT2D eigenvalue weighted by Gasteiger charge is -2.45. The van der Waals surface area contributed by atoms with E-state index < -0.39 is 173 Å². The Morgan fingerprint density at radius 2 is 1.37 bits per heavy atom. The third-order valence-electron chi connectivity index (χ3n) is 10.7. The van der Waals surface area contributed by atoms with Crippen molar-refractivity contribution in [3.63, 3.8) is 0 Å². The molecule has 3 aliphatic rings. The Balaban J connectivity index is 1.18. The molecule has 3 saturated heterocycles. The number of carbonyl (C=O) groups is 1. The van der Waals surface area contributed by atoms with Crippen LogP contribution in [0.3, 0.4) is 0 Å². The summed E-state index contributed by atoms with van der Waals surface area (Å²) >= 11 is 0. The van der Waals surface area contributed by atoms with Crippen LogP contribution < -0.4 is 14.9 Å². The monoisotopic (exact) mass is 920 g/mol. The highest BCUT2D eigenvalue weighted by atomic mass is 16.8. The number of rotatable bonds is 11. The molecule has 0 bridgehead atoms. The summed E-state index contributed by atoms with van der Waals surface area (Å²) in [6.45, 7) is 0.0282. The number of aliphatic hydroxyl groups is 8. The minimum absolute atomic E-state index is 0.292. The van der Waals surface area contributed by atoms with Gasteiger partial charge in [-0.05, 0) is 42.8 Å². The van der Waals surface area contributed by atoms with Gasteiger partial charge in [-0.3, -0.25) is 4.79 Å². The van der Waals surface area contributed by atoms with Crippen LogP contribution in [-0.4, -0.2) is 177 Å². The van der Waals surface area contributed by atoms with E-state index in [2.05, 4.69) is 0 Å². The molecule has 0 radical (unpaired) electrons. The van der Waals surface area contributed by atoms with Gasteiger partial charge in [0.05, 0.1) is 12.7 Å². The number of hydrogen-bond acceptors (Lipinski definition) is 24. The predicted molar refractivity (Wildman–Crippen MR) is 211 cm³/mol. The topological polar surface area (TPSA) is 395 Å². The lowest BCUT2D eigenvalue weighted by Crippen LogP contribution is -2.64. The predicted octanol–water partition coefficient (Wildman–Crippen LogP) is -2.19. The maximum absolute atomic E-state index is 14.2. The van der Waals surface area contributed by atoms with Crippen molar-refractivity contribution in [3.8, 4) is 57.3 Å². The van der Waals surface area contributed by atoms with Gasteiger partial charge in [-0.2, -0.15) is 0 Å². The minimum atomic E-state index is -2.10. The Hall–Kier alpha value is -6.00. The molecule has 3 aromatic carbocycles. The van der Waals surface area contributed by atoms with Crippen LogP contribution in [0.2, 0.25) is 0 Å². The van der Waals surface area contributed by atoms with E-state index in [4.69, 9.17) is 37.6 Å². The van der Waals surface area contributed by atoms with Crippen LogP contribution in [0.1, 0.15) is 12.5 Å². The second-order valence-corrected chi connectivity index (χ2v) is 15.3. The van der Waals surface area contributed by atoms with Crippen molar-refractivity contribution in [2.45, 2.75) is 92.9 Å². The van der Waals surface area contributed by atoms with Crippen molar-refractivity contribution < 1.29 is 114 Å². The molecule has 352 valence electrons. The molecule has 3 fully saturated rings. The highest BCUT2D eigenvalue weighted by Gasteiger charge is 2.51. The van der Waals surface area contributed by atoms with E-state index in [0.717, 1.165) is 36.4 Å². The fraction of sp³-hybridized carbons (Fsp3) is 0.415. The zero-order valence-corrected chi connectivity index (χ0v) is 33.5. The second kappa shape index (κ2) is 18.8. The van der Waals surface area contributed by atoms with E-state index in [1.165, 1.54) is 25.1 Å². The summed E-state index contributed by atoms with van der Waals surface area (Å²) in [7, 11) is 0. The average molecular weight is 921 g/mol. The smallest absolute Gasteiger partial charge is 0.330 e. The van der Waals surface area contributed by atoms with Gasteiger partial charge >= 0.3 is 5.97 Å². The van der Waals surface area contributed by atoms with Crippen molar-refractivity contribution in [2.24, 2.45) is 0 Å². The second-order valence-electron chi connectivity index (χ2n) is 15.3. The van der Waals surface area contributed by atoms with Crippen molar-refractivity contribution >= 4 is 23.0 Å². The number of phenols is 6. The van der Waals surface area contributed by atoms with E-state index in [1.54, 1.807) is 0 Å². The van der Waals surface area contributed by atoms with Gasteiger partial charge in [0.1, 0.15) is 84.0 Å². The highest BCUT2D eigenvalue weighted by molar-refractivity contribution is 5.89. The van der Waals surface area contributed by atoms with Crippen LogP contribution in [0.4, 0.5) is 0 Å². The SMILES string of the molecule is C[C@@H]1O[C@@H](Oc2c(-c3cc(O)c(O[C@@H]4OC[C@@H](O)[C@H](O)[C@H]4O)c(O)c3)oc3cc(O)cc(O)c3c2=O)[C@H](O[C@@H]2O[C@H](COC(=O)/C=C/c3ccc(O)c(O)c3)[C@@H](O)[C@H](O)[C@H]2O)[C@H](O)[C@H]1O. The molecule has 4 aromatic rings. The van der Waals surface area contributed by atoms with Crippen LogP contribution in [0.25, 0.3) is 28.4 Å². The van der Waals surface area contributed by atoms with Gasteiger partial charge in [-0.15, -0.1) is 0 Å². The Kier molecular flexibility index (Phi) is 13.6. The van der Waals surface area contributed by atoms with Crippen molar-refractivity contribution in [2.75, 3.05) is 13.2 Å². The van der Waals surface area contributed by atoms with E-state index in [1.807, 2.05) is 0 Å². The van der Waals surface area contributed by atoms with Crippen LogP contribution in [0, 0.1) is 0 Å². The molecule has 0 saturated carbocycles. The molecule has 4 heterocycles. The maximum Gasteiger partial charge on any atom is 0.330 e. The number of aromatic hydroxyl groups is 6. The number of phenolic OH excluding ortho intramolecular Hbond substituents is 6. The standard InChI is InChI=1S/C41H44O24/c1-13-27(50)32(55)38(65-40-34(57)31(54)29(52)24(62-40)12-58-25(49)5-3-14-2-4-17(43)18(44)6-14)41(60-13)64-37-30(53)26-19(45)9-16(42)10-23(26)61-35(37)15-7-20(46)36(21(47)8-15)63-39-33(56)28(51)22(48)11-59-39/h2-10,13,22,24,27-29,31-34,38-48,50-52,54-57H,11-12H2,1H3/b5-3+/t13-,22+,24+,27-,28-,29+,31-,32+,33+,34+,38+,39-,40-,41-/m0/s1. The fourth-order valence-electron chi connectivity index (χ4n) is 7.12. The lowest BCUT2D eigenvalue weighted by atomic mass is 9.97. The third-order valence-corrected chi connectivity index (χ3v) is 10.7. The first-order valence-corrected chi connectivity index (χ1v) is 19.6. The van der Waals surface area contributed by atoms with Gasteiger partial charge in [-0.1, -0.05) is 6.07 Å². The molecular weight excluding hydrogens is 876 g/mol. The molecule has 0 amide bonds.